The highest BCUT2D eigenvalue weighted by molar-refractivity contribution is 5.77. The summed E-state index contributed by atoms with van der Waals surface area (Å²) in [5, 5.41) is 3.19. The fourth-order valence-corrected chi connectivity index (χ4v) is 1.43. The number of carbonyl (C=O) groups excluding carboxylic acids is 1. The fourth-order valence-electron chi connectivity index (χ4n) is 1.43. The second kappa shape index (κ2) is 8.16. The van der Waals surface area contributed by atoms with Gasteiger partial charge < -0.3 is 10.2 Å². The minimum Gasteiger partial charge on any atom is -0.372 e. The molecule has 94 valence electrons. The van der Waals surface area contributed by atoms with Crippen molar-refractivity contribution in [3.63, 3.8) is 0 Å². The minimum atomic E-state index is 0.118. The van der Waals surface area contributed by atoms with Crippen molar-refractivity contribution in [2.24, 2.45) is 0 Å². The van der Waals surface area contributed by atoms with Gasteiger partial charge in [-0.1, -0.05) is 13.5 Å². The Bertz CT molecular complexity index is 226. The van der Waals surface area contributed by atoms with Gasteiger partial charge in [0.05, 0.1) is 0 Å². The van der Waals surface area contributed by atoms with Crippen LogP contribution in [0.3, 0.4) is 0 Å². The molecular formula is C12H25N3O. The lowest BCUT2D eigenvalue weighted by molar-refractivity contribution is -0.129. The first kappa shape index (κ1) is 15.0. The highest BCUT2D eigenvalue weighted by atomic mass is 16.2. The maximum Gasteiger partial charge on any atom is 0.227 e. The highest BCUT2D eigenvalue weighted by Crippen LogP contribution is 2.01. The molecule has 16 heavy (non-hydrogen) atoms. The lowest BCUT2D eigenvalue weighted by atomic mass is 10.3. The lowest BCUT2D eigenvalue weighted by Crippen LogP contribution is -2.36. The van der Waals surface area contributed by atoms with Crippen LogP contribution in [0.5, 0.6) is 0 Å². The van der Waals surface area contributed by atoms with Crippen LogP contribution < -0.4 is 5.32 Å². The molecule has 0 spiro atoms. The number of amides is 1. The van der Waals surface area contributed by atoms with Crippen molar-refractivity contribution in [3.8, 4) is 0 Å². The van der Waals surface area contributed by atoms with Gasteiger partial charge in [-0.3, -0.25) is 9.69 Å². The molecular weight excluding hydrogens is 202 g/mol. The number of nitrogens with zero attached hydrogens (tertiary/aromatic N) is 2. The second-order valence-electron chi connectivity index (χ2n) is 4.02. The molecule has 0 atom stereocenters. The summed E-state index contributed by atoms with van der Waals surface area (Å²) in [5.41, 5.74) is 0. The Morgan fingerprint density at radius 2 is 1.94 bits per heavy atom. The number of carbonyl (C=O) groups is 1. The topological polar surface area (TPSA) is 35.6 Å². The van der Waals surface area contributed by atoms with E-state index in [1.54, 1.807) is 4.90 Å². The molecule has 4 heteroatoms. The summed E-state index contributed by atoms with van der Waals surface area (Å²) in [4.78, 5) is 15.4. The van der Waals surface area contributed by atoms with Gasteiger partial charge >= 0.3 is 0 Å². The molecule has 0 heterocycles. The van der Waals surface area contributed by atoms with Gasteiger partial charge in [0, 0.05) is 19.5 Å². The molecule has 0 aliphatic carbocycles. The van der Waals surface area contributed by atoms with Gasteiger partial charge in [-0.25, -0.2) is 0 Å². The van der Waals surface area contributed by atoms with E-state index in [1.165, 1.54) is 0 Å². The largest absolute Gasteiger partial charge is 0.372 e. The predicted molar refractivity (Wildman–Crippen MR) is 68.0 cm³/mol. The Labute approximate surface area is 99.3 Å². The summed E-state index contributed by atoms with van der Waals surface area (Å²) < 4.78 is 0. The van der Waals surface area contributed by atoms with Gasteiger partial charge in [-0.2, -0.15) is 0 Å². The minimum absolute atomic E-state index is 0.118. The standard InChI is InChI=1S/C12H25N3O/c1-6-12(16)15(7-2)11(3)13-9-8-10-14(4)5/h13H,3,6-10H2,1-2,4-5H3. The van der Waals surface area contributed by atoms with Gasteiger partial charge in [0.15, 0.2) is 0 Å². The van der Waals surface area contributed by atoms with Gasteiger partial charge in [-0.05, 0) is 34.0 Å². The van der Waals surface area contributed by atoms with E-state index in [0.717, 1.165) is 19.5 Å². The van der Waals surface area contributed by atoms with Crippen molar-refractivity contribution < 1.29 is 4.79 Å². The summed E-state index contributed by atoms with van der Waals surface area (Å²) in [7, 11) is 4.10. The molecule has 0 aromatic heterocycles. The van der Waals surface area contributed by atoms with Crippen molar-refractivity contribution in [1.82, 2.24) is 15.1 Å². The average Bonchev–Trinajstić information content (AvgIpc) is 2.24. The first-order chi connectivity index (χ1) is 7.52. The van der Waals surface area contributed by atoms with Crippen LogP contribution in [0, 0.1) is 0 Å². The molecule has 0 rings (SSSR count). The Hall–Kier alpha value is -1.03. The summed E-state index contributed by atoms with van der Waals surface area (Å²) in [5.74, 6) is 0.834. The third kappa shape index (κ3) is 5.75. The van der Waals surface area contributed by atoms with Crippen LogP contribution in [0.2, 0.25) is 0 Å². The van der Waals surface area contributed by atoms with E-state index in [4.69, 9.17) is 0 Å². The molecule has 0 saturated heterocycles. The number of nitrogens with one attached hydrogen (secondary N) is 1. The maximum atomic E-state index is 11.5. The Morgan fingerprint density at radius 3 is 2.38 bits per heavy atom. The van der Waals surface area contributed by atoms with Crippen LogP contribution in [0.15, 0.2) is 12.4 Å². The van der Waals surface area contributed by atoms with E-state index < -0.39 is 0 Å². The van der Waals surface area contributed by atoms with E-state index in [-0.39, 0.29) is 5.91 Å². The molecule has 0 radical (unpaired) electrons. The van der Waals surface area contributed by atoms with Crippen molar-refractivity contribution in [2.75, 3.05) is 33.7 Å². The third-order valence-corrected chi connectivity index (χ3v) is 2.36. The summed E-state index contributed by atoms with van der Waals surface area (Å²) in [6, 6.07) is 0. The van der Waals surface area contributed by atoms with Crippen molar-refractivity contribution in [2.45, 2.75) is 26.7 Å². The molecule has 0 aliphatic rings. The smallest absolute Gasteiger partial charge is 0.227 e. The zero-order valence-electron chi connectivity index (χ0n) is 11.0. The lowest BCUT2D eigenvalue weighted by Gasteiger charge is -2.23. The van der Waals surface area contributed by atoms with Gasteiger partial charge in [0.1, 0.15) is 5.82 Å². The Balaban J connectivity index is 3.89. The van der Waals surface area contributed by atoms with Crippen molar-refractivity contribution >= 4 is 5.91 Å². The van der Waals surface area contributed by atoms with E-state index in [0.29, 0.717) is 18.8 Å². The second-order valence-corrected chi connectivity index (χ2v) is 4.02. The van der Waals surface area contributed by atoms with Crippen LogP contribution in [-0.2, 0) is 4.79 Å². The molecule has 0 aromatic rings. The quantitative estimate of drug-likeness (QED) is 0.634. The molecule has 1 amide bonds. The van der Waals surface area contributed by atoms with E-state index in [2.05, 4.69) is 16.8 Å². The van der Waals surface area contributed by atoms with Crippen LogP contribution in [0.25, 0.3) is 0 Å². The fraction of sp³-hybridized carbons (Fsp3) is 0.750. The summed E-state index contributed by atoms with van der Waals surface area (Å²) in [6.45, 7) is 10.3. The SMILES string of the molecule is C=C(NCCCN(C)C)N(CC)C(=O)CC. The van der Waals surface area contributed by atoms with Gasteiger partial charge in [0.2, 0.25) is 5.91 Å². The zero-order valence-corrected chi connectivity index (χ0v) is 11.0. The first-order valence-electron chi connectivity index (χ1n) is 5.90. The predicted octanol–water partition coefficient (Wildman–Crippen LogP) is 1.26. The van der Waals surface area contributed by atoms with Crippen LogP contribution in [0.4, 0.5) is 0 Å². The molecule has 1 N–H and O–H groups in total. The van der Waals surface area contributed by atoms with Gasteiger partial charge in [-0.15, -0.1) is 0 Å². The Kier molecular flexibility index (Phi) is 7.64. The number of hydrogen-bond donors (Lipinski definition) is 1. The molecule has 0 fully saturated rings. The van der Waals surface area contributed by atoms with Gasteiger partial charge in [0.25, 0.3) is 0 Å². The number of hydrogen-bond acceptors (Lipinski definition) is 3. The maximum absolute atomic E-state index is 11.5. The van der Waals surface area contributed by atoms with Crippen molar-refractivity contribution in [1.29, 1.82) is 0 Å². The first-order valence-corrected chi connectivity index (χ1v) is 5.90. The van der Waals surface area contributed by atoms with E-state index in [9.17, 15) is 4.79 Å². The molecule has 0 aliphatic heterocycles. The molecule has 0 aromatic carbocycles. The van der Waals surface area contributed by atoms with Crippen LogP contribution in [-0.4, -0.2) is 49.4 Å². The normalized spacial score (nSPS) is 10.3. The highest BCUT2D eigenvalue weighted by Gasteiger charge is 2.11. The average molecular weight is 227 g/mol. The molecule has 0 bridgehead atoms. The van der Waals surface area contributed by atoms with Crippen LogP contribution >= 0.6 is 0 Å². The van der Waals surface area contributed by atoms with E-state index in [1.807, 2.05) is 27.9 Å². The monoisotopic (exact) mass is 227 g/mol. The molecule has 4 nitrogen and oxygen atoms in total. The Morgan fingerprint density at radius 1 is 1.31 bits per heavy atom. The third-order valence-electron chi connectivity index (χ3n) is 2.36. The zero-order chi connectivity index (χ0) is 12.6. The summed E-state index contributed by atoms with van der Waals surface area (Å²) in [6.07, 6.45) is 1.57. The molecule has 0 saturated carbocycles. The molecule has 0 unspecified atom stereocenters. The van der Waals surface area contributed by atoms with Crippen molar-refractivity contribution in [3.05, 3.63) is 12.4 Å². The number of rotatable bonds is 8. The van der Waals surface area contributed by atoms with Crippen LogP contribution in [0.1, 0.15) is 26.7 Å². The van der Waals surface area contributed by atoms with E-state index >= 15 is 0 Å². The summed E-state index contributed by atoms with van der Waals surface area (Å²) >= 11 is 0.